The Hall–Kier alpha value is -3.65. The minimum absolute atomic E-state index is 0.467. The van der Waals surface area contributed by atoms with Gasteiger partial charge < -0.3 is 23.8 Å². The summed E-state index contributed by atoms with van der Waals surface area (Å²) < 4.78 is 22.3. The van der Waals surface area contributed by atoms with Crippen LogP contribution in [0.25, 0.3) is 0 Å². The van der Waals surface area contributed by atoms with Crippen LogP contribution in [0.4, 0.5) is 11.5 Å². The van der Waals surface area contributed by atoms with Crippen molar-refractivity contribution in [2.24, 2.45) is 10.2 Å². The largest absolute Gasteiger partial charge is 0.493 e. The minimum Gasteiger partial charge on any atom is -0.493 e. The number of anilines is 1. The molecule has 0 atom stereocenters. The van der Waals surface area contributed by atoms with Gasteiger partial charge in [0.25, 0.3) is 0 Å². The molecule has 1 aromatic heterocycles. The van der Waals surface area contributed by atoms with E-state index in [9.17, 15) is 0 Å². The lowest BCUT2D eigenvalue weighted by atomic mass is 10.1. The average molecular weight is 477 g/mol. The molecule has 0 aliphatic carbocycles. The number of aryl methyl sites for hydroxylation is 1. The molecule has 184 valence electrons. The number of methoxy groups -OCH3 is 2. The summed E-state index contributed by atoms with van der Waals surface area (Å²) in [6, 6.07) is 17.9. The first-order valence-corrected chi connectivity index (χ1v) is 11.8. The second-order valence-corrected chi connectivity index (χ2v) is 8.30. The van der Waals surface area contributed by atoms with Crippen molar-refractivity contribution in [1.29, 1.82) is 0 Å². The summed E-state index contributed by atoms with van der Waals surface area (Å²) >= 11 is 0. The fraction of sp³-hybridized carbons (Fsp3) is 0.370. The number of hydrogen-bond donors (Lipinski definition) is 0. The van der Waals surface area contributed by atoms with Crippen molar-refractivity contribution in [3.05, 3.63) is 71.3 Å². The zero-order chi connectivity index (χ0) is 24.5. The van der Waals surface area contributed by atoms with E-state index in [1.807, 2.05) is 36.4 Å². The predicted octanol–water partition coefficient (Wildman–Crippen LogP) is 5.15. The van der Waals surface area contributed by atoms with Gasteiger partial charge in [-0.2, -0.15) is 15.2 Å². The Kier molecular flexibility index (Phi) is 8.51. The van der Waals surface area contributed by atoms with E-state index >= 15 is 0 Å². The van der Waals surface area contributed by atoms with Crippen molar-refractivity contribution in [3.8, 4) is 17.4 Å². The number of pyridine rings is 1. The Morgan fingerprint density at radius 1 is 0.943 bits per heavy atom. The number of azo groups is 1. The molecule has 4 rings (SSSR count). The van der Waals surface area contributed by atoms with Crippen LogP contribution in [0.15, 0.2) is 64.8 Å². The standard InChI is InChI=1S/C27H32N4O4/c1-20-5-4-6-22(15-20)19-28-30-23-17-26(31-10-13-34-14-11-31)29-27(18-23)35-12-9-21-7-8-24(32-2)25(16-21)33-3/h4-8,15-18H,9-14,19H2,1-3H3. The van der Waals surface area contributed by atoms with Gasteiger partial charge in [0.2, 0.25) is 5.88 Å². The molecule has 0 radical (unpaired) electrons. The zero-order valence-corrected chi connectivity index (χ0v) is 20.6. The molecular formula is C27H32N4O4. The smallest absolute Gasteiger partial charge is 0.217 e. The van der Waals surface area contributed by atoms with Crippen molar-refractivity contribution in [2.75, 3.05) is 52.0 Å². The van der Waals surface area contributed by atoms with E-state index in [-0.39, 0.29) is 0 Å². The fourth-order valence-corrected chi connectivity index (χ4v) is 3.88. The first-order valence-electron chi connectivity index (χ1n) is 11.8. The first-order chi connectivity index (χ1) is 17.1. The Labute approximate surface area is 206 Å². The van der Waals surface area contributed by atoms with Crippen LogP contribution >= 0.6 is 0 Å². The molecule has 0 saturated carbocycles. The molecule has 1 aliphatic rings. The third kappa shape index (κ3) is 6.93. The maximum atomic E-state index is 6.05. The summed E-state index contributed by atoms with van der Waals surface area (Å²) in [5, 5.41) is 8.89. The first kappa shape index (κ1) is 24.5. The van der Waals surface area contributed by atoms with Crippen molar-refractivity contribution < 1.29 is 18.9 Å². The average Bonchev–Trinajstić information content (AvgIpc) is 2.89. The van der Waals surface area contributed by atoms with Crippen LogP contribution in [0.2, 0.25) is 0 Å². The topological polar surface area (TPSA) is 77.8 Å². The highest BCUT2D eigenvalue weighted by Crippen LogP contribution is 2.29. The number of hydrogen-bond acceptors (Lipinski definition) is 8. The molecule has 0 bridgehead atoms. The number of morpholine rings is 1. The molecule has 2 aromatic carbocycles. The lowest BCUT2D eigenvalue weighted by Gasteiger charge is -2.28. The van der Waals surface area contributed by atoms with Gasteiger partial charge in [-0.25, -0.2) is 0 Å². The second kappa shape index (κ2) is 12.2. The molecule has 1 saturated heterocycles. The zero-order valence-electron chi connectivity index (χ0n) is 20.6. The van der Waals surface area contributed by atoms with Crippen molar-refractivity contribution in [1.82, 2.24) is 4.98 Å². The van der Waals surface area contributed by atoms with Gasteiger partial charge in [-0.05, 0) is 30.2 Å². The van der Waals surface area contributed by atoms with Crippen LogP contribution in [0.3, 0.4) is 0 Å². The highest BCUT2D eigenvalue weighted by atomic mass is 16.5. The Morgan fingerprint density at radius 2 is 1.77 bits per heavy atom. The number of nitrogens with zero attached hydrogens (tertiary/aromatic N) is 4. The van der Waals surface area contributed by atoms with Gasteiger partial charge in [0, 0.05) is 31.6 Å². The summed E-state index contributed by atoms with van der Waals surface area (Å²) in [4.78, 5) is 6.91. The highest BCUT2D eigenvalue weighted by molar-refractivity contribution is 5.53. The van der Waals surface area contributed by atoms with Gasteiger partial charge in [0.15, 0.2) is 11.5 Å². The number of rotatable bonds is 10. The van der Waals surface area contributed by atoms with Crippen molar-refractivity contribution >= 4 is 11.5 Å². The molecule has 3 aromatic rings. The Morgan fingerprint density at radius 3 is 2.54 bits per heavy atom. The van der Waals surface area contributed by atoms with Crippen LogP contribution < -0.4 is 19.1 Å². The lowest BCUT2D eigenvalue weighted by molar-refractivity contribution is 0.122. The van der Waals surface area contributed by atoms with Gasteiger partial charge >= 0.3 is 0 Å². The normalized spacial score (nSPS) is 13.7. The molecule has 1 fully saturated rings. The summed E-state index contributed by atoms with van der Waals surface area (Å²) in [5.41, 5.74) is 4.14. The number of aromatic nitrogens is 1. The van der Waals surface area contributed by atoms with E-state index in [2.05, 4.69) is 40.3 Å². The van der Waals surface area contributed by atoms with E-state index < -0.39 is 0 Å². The minimum atomic E-state index is 0.467. The van der Waals surface area contributed by atoms with Crippen molar-refractivity contribution in [3.63, 3.8) is 0 Å². The molecular weight excluding hydrogens is 444 g/mol. The third-order valence-corrected chi connectivity index (χ3v) is 5.72. The Balaban J connectivity index is 1.46. The maximum Gasteiger partial charge on any atom is 0.217 e. The summed E-state index contributed by atoms with van der Waals surface area (Å²) in [6.07, 6.45) is 0.702. The van der Waals surface area contributed by atoms with Crippen LogP contribution in [-0.2, 0) is 17.7 Å². The van der Waals surface area contributed by atoms with E-state index in [4.69, 9.17) is 23.9 Å². The van der Waals surface area contributed by atoms with E-state index in [0.717, 1.165) is 35.7 Å². The quantitative estimate of drug-likeness (QED) is 0.377. The SMILES string of the molecule is COc1ccc(CCOc2cc(N=NCc3cccc(C)c3)cc(N3CCOCC3)n2)cc1OC. The summed E-state index contributed by atoms with van der Waals surface area (Å²) in [7, 11) is 3.26. The second-order valence-electron chi connectivity index (χ2n) is 8.30. The molecule has 1 aliphatic heterocycles. The molecule has 0 N–H and O–H groups in total. The summed E-state index contributed by atoms with van der Waals surface area (Å²) in [5.74, 6) is 2.76. The highest BCUT2D eigenvalue weighted by Gasteiger charge is 2.15. The molecule has 0 spiro atoms. The van der Waals surface area contributed by atoms with Crippen LogP contribution in [0.1, 0.15) is 16.7 Å². The fourth-order valence-electron chi connectivity index (χ4n) is 3.88. The Bertz CT molecular complexity index is 1150. The monoisotopic (exact) mass is 476 g/mol. The van der Waals surface area contributed by atoms with Crippen LogP contribution in [-0.4, -0.2) is 52.1 Å². The molecule has 8 nitrogen and oxygen atoms in total. The summed E-state index contributed by atoms with van der Waals surface area (Å²) in [6.45, 7) is 5.97. The van der Waals surface area contributed by atoms with Gasteiger partial charge in [-0.3, -0.25) is 0 Å². The number of ether oxygens (including phenoxy) is 4. The molecule has 2 heterocycles. The van der Waals surface area contributed by atoms with Crippen LogP contribution in [0.5, 0.6) is 17.4 Å². The molecule has 0 amide bonds. The lowest BCUT2D eigenvalue weighted by Crippen LogP contribution is -2.36. The molecule has 8 heteroatoms. The van der Waals surface area contributed by atoms with Crippen molar-refractivity contribution in [2.45, 2.75) is 19.9 Å². The third-order valence-electron chi connectivity index (χ3n) is 5.72. The van der Waals surface area contributed by atoms with Gasteiger partial charge in [0.1, 0.15) is 5.82 Å². The molecule has 35 heavy (non-hydrogen) atoms. The van der Waals surface area contributed by atoms with Gasteiger partial charge in [-0.1, -0.05) is 35.9 Å². The molecule has 0 unspecified atom stereocenters. The number of benzene rings is 2. The maximum absolute atomic E-state index is 6.05. The van der Waals surface area contributed by atoms with Crippen LogP contribution in [0, 0.1) is 6.92 Å². The van der Waals surface area contributed by atoms with E-state index in [1.165, 1.54) is 5.56 Å². The van der Waals surface area contributed by atoms with E-state index in [0.29, 0.717) is 50.2 Å². The van der Waals surface area contributed by atoms with E-state index in [1.54, 1.807) is 14.2 Å². The predicted molar refractivity (Wildman–Crippen MR) is 135 cm³/mol. The van der Waals surface area contributed by atoms with Gasteiger partial charge in [0.05, 0.1) is 46.3 Å². The van der Waals surface area contributed by atoms with Gasteiger partial charge in [-0.15, -0.1) is 0 Å².